The minimum Gasteiger partial charge on any atom is -0.508 e. The van der Waals surface area contributed by atoms with E-state index in [9.17, 15) is 5.11 Å². The van der Waals surface area contributed by atoms with Gasteiger partial charge in [-0.15, -0.1) is 0 Å². The van der Waals surface area contributed by atoms with Crippen molar-refractivity contribution in [2.24, 2.45) is 0 Å². The van der Waals surface area contributed by atoms with E-state index < -0.39 is 0 Å². The maximum atomic E-state index is 9.22. The van der Waals surface area contributed by atoms with Crippen molar-refractivity contribution < 1.29 is 19.9 Å². The lowest BCUT2D eigenvalue weighted by molar-refractivity contribution is -0.670. The molecule has 0 aliphatic carbocycles. The number of aromatic hydroxyl groups is 1. The SMILES string of the molecule is Oc1ccc(CC[NH2+]Cc2ccc3c(c2)OCO3)cc1. The van der Waals surface area contributed by atoms with Gasteiger partial charge in [0, 0.05) is 12.0 Å². The maximum Gasteiger partial charge on any atom is 0.231 e. The van der Waals surface area contributed by atoms with Gasteiger partial charge < -0.3 is 19.9 Å². The molecule has 2 aromatic rings. The molecule has 0 radical (unpaired) electrons. The number of ether oxygens (including phenoxy) is 2. The molecule has 3 N–H and O–H groups in total. The Kier molecular flexibility index (Phi) is 3.74. The summed E-state index contributed by atoms with van der Waals surface area (Å²) in [4.78, 5) is 0. The van der Waals surface area contributed by atoms with Crippen LogP contribution in [0, 0.1) is 0 Å². The Bertz CT molecular complexity index is 581. The Balaban J connectivity index is 1.47. The van der Waals surface area contributed by atoms with E-state index in [4.69, 9.17) is 9.47 Å². The summed E-state index contributed by atoms with van der Waals surface area (Å²) in [5, 5.41) is 11.5. The lowest BCUT2D eigenvalue weighted by atomic mass is 10.1. The van der Waals surface area contributed by atoms with E-state index in [0.29, 0.717) is 12.5 Å². The largest absolute Gasteiger partial charge is 0.508 e. The molecule has 1 aliphatic heterocycles. The highest BCUT2D eigenvalue weighted by molar-refractivity contribution is 5.44. The monoisotopic (exact) mass is 272 g/mol. The molecule has 1 aliphatic rings. The fourth-order valence-electron chi connectivity index (χ4n) is 2.27. The van der Waals surface area contributed by atoms with Crippen molar-refractivity contribution in [3.05, 3.63) is 53.6 Å². The summed E-state index contributed by atoms with van der Waals surface area (Å²) in [5.74, 6) is 1.99. The van der Waals surface area contributed by atoms with E-state index in [1.807, 2.05) is 24.3 Å². The van der Waals surface area contributed by atoms with Crippen molar-refractivity contribution in [3.63, 3.8) is 0 Å². The normalized spacial score (nSPS) is 12.6. The lowest BCUT2D eigenvalue weighted by Crippen LogP contribution is -2.83. The second-order valence-electron chi connectivity index (χ2n) is 4.89. The van der Waals surface area contributed by atoms with Crippen molar-refractivity contribution in [1.29, 1.82) is 0 Å². The highest BCUT2D eigenvalue weighted by atomic mass is 16.7. The van der Waals surface area contributed by atoms with Crippen LogP contribution in [-0.2, 0) is 13.0 Å². The molecule has 20 heavy (non-hydrogen) atoms. The molecule has 0 fully saturated rings. The Morgan fingerprint density at radius 3 is 2.55 bits per heavy atom. The first-order valence-electron chi connectivity index (χ1n) is 6.79. The number of benzene rings is 2. The average molecular weight is 272 g/mol. The van der Waals surface area contributed by atoms with Crippen molar-refractivity contribution in [3.8, 4) is 17.2 Å². The zero-order valence-electron chi connectivity index (χ0n) is 11.2. The summed E-state index contributed by atoms with van der Waals surface area (Å²) in [7, 11) is 0. The van der Waals surface area contributed by atoms with Gasteiger partial charge in [0.1, 0.15) is 12.3 Å². The summed E-state index contributed by atoms with van der Waals surface area (Å²) in [6, 6.07) is 13.5. The molecular formula is C16H18NO3+. The van der Waals surface area contributed by atoms with Gasteiger partial charge in [-0.1, -0.05) is 12.1 Å². The minimum absolute atomic E-state index is 0.318. The van der Waals surface area contributed by atoms with Gasteiger partial charge in [0.25, 0.3) is 0 Å². The minimum atomic E-state index is 0.318. The predicted molar refractivity (Wildman–Crippen MR) is 74.9 cm³/mol. The molecule has 0 amide bonds. The van der Waals surface area contributed by atoms with Gasteiger partial charge in [0.05, 0.1) is 6.54 Å². The van der Waals surface area contributed by atoms with E-state index in [0.717, 1.165) is 31.0 Å². The maximum absolute atomic E-state index is 9.22. The first-order valence-corrected chi connectivity index (χ1v) is 6.79. The van der Waals surface area contributed by atoms with Gasteiger partial charge in [0.15, 0.2) is 11.5 Å². The topological polar surface area (TPSA) is 55.3 Å². The van der Waals surface area contributed by atoms with Gasteiger partial charge in [-0.3, -0.25) is 0 Å². The van der Waals surface area contributed by atoms with Crippen LogP contribution in [0.3, 0.4) is 0 Å². The molecule has 0 atom stereocenters. The highest BCUT2D eigenvalue weighted by Crippen LogP contribution is 2.32. The summed E-state index contributed by atoms with van der Waals surface area (Å²) >= 11 is 0. The lowest BCUT2D eigenvalue weighted by Gasteiger charge is -2.04. The van der Waals surface area contributed by atoms with Crippen molar-refractivity contribution in [2.45, 2.75) is 13.0 Å². The fraction of sp³-hybridized carbons (Fsp3) is 0.250. The molecule has 4 nitrogen and oxygen atoms in total. The molecule has 1 heterocycles. The van der Waals surface area contributed by atoms with Crippen LogP contribution >= 0.6 is 0 Å². The number of phenolic OH excluding ortho intramolecular Hbond substituents is 1. The molecule has 104 valence electrons. The van der Waals surface area contributed by atoms with Crippen LogP contribution in [0.15, 0.2) is 42.5 Å². The Labute approximate surface area is 118 Å². The zero-order valence-corrected chi connectivity index (χ0v) is 11.2. The van der Waals surface area contributed by atoms with Crippen LogP contribution in [0.5, 0.6) is 17.2 Å². The third-order valence-corrected chi connectivity index (χ3v) is 3.39. The third-order valence-electron chi connectivity index (χ3n) is 3.39. The second-order valence-corrected chi connectivity index (χ2v) is 4.89. The summed E-state index contributed by atoms with van der Waals surface area (Å²) in [6.45, 7) is 2.26. The Morgan fingerprint density at radius 1 is 0.950 bits per heavy atom. The van der Waals surface area contributed by atoms with Gasteiger partial charge in [0.2, 0.25) is 6.79 Å². The molecule has 0 spiro atoms. The van der Waals surface area contributed by atoms with E-state index >= 15 is 0 Å². The van der Waals surface area contributed by atoms with Crippen LogP contribution < -0.4 is 14.8 Å². The zero-order chi connectivity index (χ0) is 13.8. The highest BCUT2D eigenvalue weighted by Gasteiger charge is 2.13. The molecule has 0 saturated heterocycles. The van der Waals surface area contributed by atoms with E-state index in [1.165, 1.54) is 11.1 Å². The van der Waals surface area contributed by atoms with Crippen LogP contribution in [0.4, 0.5) is 0 Å². The number of nitrogens with two attached hydrogens (primary N) is 1. The van der Waals surface area contributed by atoms with Crippen LogP contribution in [0.1, 0.15) is 11.1 Å². The summed E-state index contributed by atoms with van der Waals surface area (Å²) < 4.78 is 10.7. The summed E-state index contributed by atoms with van der Waals surface area (Å²) in [5.41, 5.74) is 2.48. The first kappa shape index (κ1) is 12.8. The summed E-state index contributed by atoms with van der Waals surface area (Å²) in [6.07, 6.45) is 0.991. The number of phenols is 1. The average Bonchev–Trinajstić information content (AvgIpc) is 2.93. The molecule has 3 rings (SSSR count). The molecule has 0 unspecified atom stereocenters. The van der Waals surface area contributed by atoms with Gasteiger partial charge >= 0.3 is 0 Å². The molecule has 0 saturated carbocycles. The van der Waals surface area contributed by atoms with Gasteiger partial charge in [-0.05, 0) is 35.9 Å². The molecular weight excluding hydrogens is 254 g/mol. The van der Waals surface area contributed by atoms with Gasteiger partial charge in [-0.2, -0.15) is 0 Å². The number of rotatable bonds is 5. The molecule has 4 heteroatoms. The van der Waals surface area contributed by atoms with Crippen LogP contribution in [0.25, 0.3) is 0 Å². The van der Waals surface area contributed by atoms with Crippen molar-refractivity contribution in [2.75, 3.05) is 13.3 Å². The fourth-order valence-corrected chi connectivity index (χ4v) is 2.27. The van der Waals surface area contributed by atoms with E-state index in [2.05, 4.69) is 11.4 Å². The second kappa shape index (κ2) is 5.84. The number of hydrogen-bond donors (Lipinski definition) is 2. The van der Waals surface area contributed by atoms with E-state index in [1.54, 1.807) is 12.1 Å². The first-order chi connectivity index (χ1) is 9.81. The Hall–Kier alpha value is -2.20. The predicted octanol–water partition coefficient (Wildman–Crippen LogP) is 1.43. The Morgan fingerprint density at radius 2 is 1.70 bits per heavy atom. The third kappa shape index (κ3) is 3.03. The smallest absolute Gasteiger partial charge is 0.231 e. The van der Waals surface area contributed by atoms with Crippen molar-refractivity contribution in [1.82, 2.24) is 0 Å². The number of hydrogen-bond acceptors (Lipinski definition) is 3. The van der Waals surface area contributed by atoms with Crippen LogP contribution in [0.2, 0.25) is 0 Å². The molecule has 0 aromatic heterocycles. The van der Waals surface area contributed by atoms with Crippen molar-refractivity contribution >= 4 is 0 Å². The quantitative estimate of drug-likeness (QED) is 0.810. The standard InChI is InChI=1S/C16H17NO3/c18-14-4-1-12(2-5-14)7-8-17-10-13-3-6-15-16(9-13)20-11-19-15/h1-6,9,17-18H,7-8,10-11H2/p+1. The molecule has 2 aromatic carbocycles. The van der Waals surface area contributed by atoms with Crippen LogP contribution in [-0.4, -0.2) is 18.4 Å². The van der Waals surface area contributed by atoms with Gasteiger partial charge in [-0.25, -0.2) is 0 Å². The number of quaternary nitrogens is 1. The number of fused-ring (bicyclic) bond motifs is 1. The van der Waals surface area contributed by atoms with E-state index in [-0.39, 0.29) is 0 Å². The molecule has 0 bridgehead atoms.